The van der Waals surface area contributed by atoms with Crippen LogP contribution in [0.1, 0.15) is 50.2 Å². The van der Waals surface area contributed by atoms with Gasteiger partial charge in [0.1, 0.15) is 6.61 Å². The van der Waals surface area contributed by atoms with Crippen molar-refractivity contribution in [1.82, 2.24) is 10.6 Å². The summed E-state index contributed by atoms with van der Waals surface area (Å²) in [4.78, 5) is 36.2. The van der Waals surface area contributed by atoms with Gasteiger partial charge in [-0.1, -0.05) is 55.5 Å². The number of aliphatic carboxylic acids is 1. The molecule has 4 rings (SSSR count). The molecule has 3 N–H and O–H groups in total. The Morgan fingerprint density at radius 1 is 1.00 bits per heavy atom. The summed E-state index contributed by atoms with van der Waals surface area (Å²) in [6, 6.07) is 15.7. The molecule has 0 bridgehead atoms. The van der Waals surface area contributed by atoms with Crippen molar-refractivity contribution in [3.63, 3.8) is 0 Å². The van der Waals surface area contributed by atoms with E-state index in [4.69, 9.17) is 9.84 Å². The van der Waals surface area contributed by atoms with Crippen LogP contribution in [0.5, 0.6) is 0 Å². The maximum atomic E-state index is 12.6. The van der Waals surface area contributed by atoms with Crippen LogP contribution in [0.3, 0.4) is 0 Å². The van der Waals surface area contributed by atoms with Crippen molar-refractivity contribution < 1.29 is 24.2 Å². The van der Waals surface area contributed by atoms with Gasteiger partial charge in [0.2, 0.25) is 5.91 Å². The third-order valence-electron chi connectivity index (χ3n) is 6.98. The molecule has 4 atom stereocenters. The fourth-order valence-corrected chi connectivity index (χ4v) is 4.85. The van der Waals surface area contributed by atoms with Gasteiger partial charge in [0.25, 0.3) is 0 Å². The third-order valence-corrected chi connectivity index (χ3v) is 6.98. The molecule has 0 radical (unpaired) electrons. The van der Waals surface area contributed by atoms with Gasteiger partial charge in [-0.15, -0.1) is 0 Å². The van der Waals surface area contributed by atoms with Crippen LogP contribution in [0, 0.1) is 11.8 Å². The molecule has 0 spiro atoms. The number of hydrogen-bond donors (Lipinski definition) is 3. The first kappa shape index (κ1) is 22.8. The SMILES string of the molecule is CC(NC(=O)OCC1c2ccccc2-c2ccccc21)C(C)C(=O)N[C@@H]1CC[C@H](C(=O)O)C1. The average molecular weight is 451 g/mol. The van der Waals surface area contributed by atoms with Crippen LogP contribution in [0.2, 0.25) is 0 Å². The maximum Gasteiger partial charge on any atom is 0.407 e. The number of carboxylic acid groups (broad SMARTS) is 1. The fraction of sp³-hybridized carbons (Fsp3) is 0.423. The van der Waals surface area contributed by atoms with Crippen LogP contribution < -0.4 is 10.6 Å². The lowest BCUT2D eigenvalue weighted by Gasteiger charge is -2.23. The first-order chi connectivity index (χ1) is 15.8. The van der Waals surface area contributed by atoms with Gasteiger partial charge in [-0.25, -0.2) is 4.79 Å². The first-order valence-electron chi connectivity index (χ1n) is 11.5. The van der Waals surface area contributed by atoms with Gasteiger partial charge >= 0.3 is 12.1 Å². The van der Waals surface area contributed by atoms with E-state index in [-0.39, 0.29) is 24.5 Å². The second-order valence-corrected chi connectivity index (χ2v) is 9.10. The Morgan fingerprint density at radius 3 is 2.18 bits per heavy atom. The predicted molar refractivity (Wildman–Crippen MR) is 124 cm³/mol. The number of fused-ring (bicyclic) bond motifs is 3. The topological polar surface area (TPSA) is 105 Å². The minimum atomic E-state index is -0.815. The minimum Gasteiger partial charge on any atom is -0.481 e. The summed E-state index contributed by atoms with van der Waals surface area (Å²) in [6.07, 6.45) is 1.11. The van der Waals surface area contributed by atoms with Gasteiger partial charge in [0, 0.05) is 18.0 Å². The van der Waals surface area contributed by atoms with E-state index in [0.29, 0.717) is 19.3 Å². The Kier molecular flexibility index (Phi) is 6.67. The van der Waals surface area contributed by atoms with Gasteiger partial charge in [-0.3, -0.25) is 9.59 Å². The molecule has 2 aliphatic carbocycles. The van der Waals surface area contributed by atoms with E-state index in [1.54, 1.807) is 13.8 Å². The number of rotatable bonds is 7. The van der Waals surface area contributed by atoms with Crippen molar-refractivity contribution in [2.24, 2.45) is 11.8 Å². The van der Waals surface area contributed by atoms with Crippen LogP contribution in [-0.2, 0) is 14.3 Å². The highest BCUT2D eigenvalue weighted by Gasteiger charge is 2.33. The molecule has 0 aliphatic heterocycles. The third kappa shape index (κ3) is 4.87. The Bertz CT molecular complexity index is 1010. The standard InChI is InChI=1S/C26H30N2O5/c1-15(24(29)28-18-12-11-17(13-18)25(30)31)16(2)27-26(32)33-14-23-21-9-5-3-7-19(21)20-8-4-6-10-22(20)23/h3-10,15-18,23H,11-14H2,1-2H3,(H,27,32)(H,28,29)(H,30,31)/t15?,16?,17-,18+/m0/s1. The molecule has 2 aliphatic rings. The van der Waals surface area contributed by atoms with Crippen molar-refractivity contribution in [1.29, 1.82) is 0 Å². The zero-order valence-electron chi connectivity index (χ0n) is 18.9. The van der Waals surface area contributed by atoms with E-state index in [9.17, 15) is 14.4 Å². The van der Waals surface area contributed by atoms with Crippen molar-refractivity contribution in [2.75, 3.05) is 6.61 Å². The number of amides is 2. The largest absolute Gasteiger partial charge is 0.481 e. The number of hydrogen-bond acceptors (Lipinski definition) is 4. The number of benzene rings is 2. The minimum absolute atomic E-state index is 0.0243. The molecule has 7 nitrogen and oxygen atoms in total. The Balaban J connectivity index is 1.29. The molecule has 174 valence electrons. The van der Waals surface area contributed by atoms with Gasteiger partial charge in [0.05, 0.1) is 11.8 Å². The summed E-state index contributed by atoms with van der Waals surface area (Å²) in [5, 5.41) is 14.8. The number of nitrogens with one attached hydrogen (secondary N) is 2. The molecule has 2 unspecified atom stereocenters. The number of carbonyl (C=O) groups is 3. The molecule has 0 aromatic heterocycles. The van der Waals surface area contributed by atoms with Crippen molar-refractivity contribution in [3.8, 4) is 11.1 Å². The van der Waals surface area contributed by atoms with E-state index in [1.165, 1.54) is 0 Å². The quantitative estimate of drug-likeness (QED) is 0.593. The molecular formula is C26H30N2O5. The smallest absolute Gasteiger partial charge is 0.407 e. The molecule has 2 amide bonds. The molecule has 33 heavy (non-hydrogen) atoms. The average Bonchev–Trinajstić information content (AvgIpc) is 3.40. The molecular weight excluding hydrogens is 420 g/mol. The highest BCUT2D eigenvalue weighted by atomic mass is 16.5. The maximum absolute atomic E-state index is 12.6. The van der Waals surface area contributed by atoms with Crippen molar-refractivity contribution in [3.05, 3.63) is 59.7 Å². The molecule has 2 aromatic carbocycles. The molecule has 7 heteroatoms. The van der Waals surface area contributed by atoms with E-state index < -0.39 is 29.9 Å². The lowest BCUT2D eigenvalue weighted by molar-refractivity contribution is -0.141. The summed E-state index contributed by atoms with van der Waals surface area (Å²) in [5.41, 5.74) is 4.61. The van der Waals surface area contributed by atoms with Crippen LogP contribution >= 0.6 is 0 Å². The van der Waals surface area contributed by atoms with Gasteiger partial charge < -0.3 is 20.5 Å². The Hall–Kier alpha value is -3.35. The highest BCUT2D eigenvalue weighted by molar-refractivity contribution is 5.81. The molecule has 1 saturated carbocycles. The number of alkyl carbamates (subject to hydrolysis) is 1. The summed E-state index contributed by atoms with van der Waals surface area (Å²) in [6.45, 7) is 3.72. The zero-order valence-corrected chi connectivity index (χ0v) is 18.9. The summed E-state index contributed by atoms with van der Waals surface area (Å²) in [7, 11) is 0. The van der Waals surface area contributed by atoms with Crippen LogP contribution in [0.25, 0.3) is 11.1 Å². The second kappa shape index (κ2) is 9.65. The molecule has 1 fully saturated rings. The lowest BCUT2D eigenvalue weighted by Crippen LogP contribution is -2.46. The van der Waals surface area contributed by atoms with Crippen LogP contribution in [0.4, 0.5) is 4.79 Å². The second-order valence-electron chi connectivity index (χ2n) is 9.10. The van der Waals surface area contributed by atoms with Crippen molar-refractivity contribution >= 4 is 18.0 Å². The van der Waals surface area contributed by atoms with Crippen LogP contribution in [0.15, 0.2) is 48.5 Å². The van der Waals surface area contributed by atoms with Gasteiger partial charge in [0.15, 0.2) is 0 Å². The van der Waals surface area contributed by atoms with E-state index in [0.717, 1.165) is 22.3 Å². The van der Waals surface area contributed by atoms with Crippen molar-refractivity contribution in [2.45, 2.75) is 51.1 Å². The van der Waals surface area contributed by atoms with E-state index in [1.807, 2.05) is 24.3 Å². The molecule has 2 aromatic rings. The summed E-state index contributed by atoms with van der Waals surface area (Å²) < 4.78 is 5.57. The Morgan fingerprint density at radius 2 is 1.61 bits per heavy atom. The van der Waals surface area contributed by atoms with Gasteiger partial charge in [-0.05, 0) is 48.4 Å². The van der Waals surface area contributed by atoms with Gasteiger partial charge in [-0.2, -0.15) is 0 Å². The lowest BCUT2D eigenvalue weighted by atomic mass is 9.98. The number of ether oxygens (including phenoxy) is 1. The highest BCUT2D eigenvalue weighted by Crippen LogP contribution is 2.44. The van der Waals surface area contributed by atoms with E-state index >= 15 is 0 Å². The van der Waals surface area contributed by atoms with Crippen LogP contribution in [-0.4, -0.2) is 41.8 Å². The Labute approximate surface area is 193 Å². The predicted octanol–water partition coefficient (Wildman–Crippen LogP) is 3.92. The summed E-state index contributed by atoms with van der Waals surface area (Å²) in [5.74, 6) is -1.91. The summed E-state index contributed by atoms with van der Waals surface area (Å²) >= 11 is 0. The van der Waals surface area contributed by atoms with E-state index in [2.05, 4.69) is 34.9 Å². The first-order valence-corrected chi connectivity index (χ1v) is 11.5. The number of carbonyl (C=O) groups excluding carboxylic acids is 2. The normalized spacial score (nSPS) is 20.9. The molecule has 0 heterocycles. The monoisotopic (exact) mass is 450 g/mol. The number of carboxylic acids is 1. The zero-order chi connectivity index (χ0) is 23.5. The fourth-order valence-electron chi connectivity index (χ4n) is 4.85. The molecule has 0 saturated heterocycles.